The molecule has 0 spiro atoms. The van der Waals surface area contributed by atoms with Crippen LogP contribution in [0.3, 0.4) is 0 Å². The van der Waals surface area contributed by atoms with Crippen molar-refractivity contribution in [3.63, 3.8) is 0 Å². The second kappa shape index (κ2) is 14.0. The highest BCUT2D eigenvalue weighted by Crippen LogP contribution is 2.23. The number of amides is 2. The number of unbranched alkanes of at least 4 members (excludes halogenated alkanes) is 1. The average Bonchev–Trinajstić information content (AvgIpc) is 2.87. The number of carbonyl (C=O) groups is 2. The predicted octanol–water partition coefficient (Wildman–Crippen LogP) is 6.30. The Balaban J connectivity index is 1.86. The van der Waals surface area contributed by atoms with Gasteiger partial charge in [0.15, 0.2) is 0 Å². The lowest BCUT2D eigenvalue weighted by Gasteiger charge is -2.31. The summed E-state index contributed by atoms with van der Waals surface area (Å²) >= 11 is 7.46. The molecule has 0 bridgehead atoms. The van der Waals surface area contributed by atoms with Gasteiger partial charge in [0.2, 0.25) is 11.8 Å². The maximum atomic E-state index is 13.6. The van der Waals surface area contributed by atoms with Crippen molar-refractivity contribution in [1.82, 2.24) is 10.2 Å². The largest absolute Gasteiger partial charge is 0.354 e. The minimum absolute atomic E-state index is 0.0721. The molecule has 184 valence electrons. The van der Waals surface area contributed by atoms with E-state index in [1.807, 2.05) is 85.8 Å². The smallest absolute Gasteiger partial charge is 0.243 e. The molecule has 0 saturated heterocycles. The monoisotopic (exact) mass is 508 g/mol. The first-order chi connectivity index (χ1) is 17.0. The van der Waals surface area contributed by atoms with Crippen molar-refractivity contribution in [3.05, 3.63) is 101 Å². The van der Waals surface area contributed by atoms with E-state index in [0.29, 0.717) is 24.5 Å². The van der Waals surface area contributed by atoms with Crippen LogP contribution in [0.4, 0.5) is 0 Å². The van der Waals surface area contributed by atoms with E-state index in [1.54, 1.807) is 4.90 Å². The van der Waals surface area contributed by atoms with Crippen LogP contribution in [0.2, 0.25) is 5.02 Å². The van der Waals surface area contributed by atoms with Crippen LogP contribution < -0.4 is 5.32 Å². The molecule has 35 heavy (non-hydrogen) atoms. The normalized spacial score (nSPS) is 11.6. The Hall–Kier alpha value is -2.76. The number of carbonyl (C=O) groups excluding carboxylic acids is 2. The van der Waals surface area contributed by atoms with Crippen molar-refractivity contribution in [1.29, 1.82) is 0 Å². The van der Waals surface area contributed by atoms with Crippen LogP contribution in [0.5, 0.6) is 0 Å². The summed E-state index contributed by atoms with van der Waals surface area (Å²) in [6, 6.07) is 24.9. The quantitative estimate of drug-likeness (QED) is 0.231. The second-order valence-electron chi connectivity index (χ2n) is 8.60. The first kappa shape index (κ1) is 26.8. The van der Waals surface area contributed by atoms with Gasteiger partial charge >= 0.3 is 0 Å². The number of halogens is 1. The van der Waals surface area contributed by atoms with Gasteiger partial charge in [0.25, 0.3) is 0 Å². The van der Waals surface area contributed by atoms with Crippen LogP contribution in [0.1, 0.15) is 36.5 Å². The summed E-state index contributed by atoms with van der Waals surface area (Å²) in [7, 11) is 0. The Labute approximate surface area is 218 Å². The highest BCUT2D eigenvalue weighted by molar-refractivity contribution is 8.00. The van der Waals surface area contributed by atoms with Crippen LogP contribution >= 0.6 is 23.4 Å². The molecule has 1 atom stereocenters. The molecule has 0 aromatic heterocycles. The summed E-state index contributed by atoms with van der Waals surface area (Å²) in [6.45, 7) is 5.11. The summed E-state index contributed by atoms with van der Waals surface area (Å²) in [6.07, 6.45) is 2.36. The van der Waals surface area contributed by atoms with Crippen molar-refractivity contribution < 1.29 is 9.59 Å². The van der Waals surface area contributed by atoms with Gasteiger partial charge in [-0.1, -0.05) is 85.1 Å². The van der Waals surface area contributed by atoms with Crippen LogP contribution in [0.25, 0.3) is 0 Å². The number of nitrogens with one attached hydrogen (secondary N) is 1. The Morgan fingerprint density at radius 2 is 1.63 bits per heavy atom. The van der Waals surface area contributed by atoms with Gasteiger partial charge in [-0.25, -0.2) is 0 Å². The molecule has 4 nitrogen and oxygen atoms in total. The lowest BCUT2D eigenvalue weighted by Crippen LogP contribution is -2.51. The van der Waals surface area contributed by atoms with Gasteiger partial charge in [-0.3, -0.25) is 9.59 Å². The van der Waals surface area contributed by atoms with Crippen LogP contribution in [0, 0.1) is 6.92 Å². The molecule has 3 rings (SSSR count). The Morgan fingerprint density at radius 3 is 2.29 bits per heavy atom. The Morgan fingerprint density at radius 1 is 0.943 bits per heavy atom. The number of thioether (sulfide) groups is 1. The summed E-state index contributed by atoms with van der Waals surface area (Å²) in [5.41, 5.74) is 3.18. The van der Waals surface area contributed by atoms with E-state index in [4.69, 9.17) is 11.6 Å². The number of benzene rings is 3. The predicted molar refractivity (Wildman–Crippen MR) is 146 cm³/mol. The number of nitrogens with zero attached hydrogens (tertiary/aromatic N) is 1. The molecule has 6 heteroatoms. The fraction of sp³-hybridized carbons (Fsp3) is 0.310. The lowest BCUT2D eigenvalue weighted by atomic mass is 10.0. The molecule has 0 fully saturated rings. The minimum atomic E-state index is -0.603. The Kier molecular flexibility index (Phi) is 10.7. The summed E-state index contributed by atoms with van der Waals surface area (Å²) in [5.74, 6) is 0.0532. The second-order valence-corrected chi connectivity index (χ2v) is 10.1. The fourth-order valence-corrected chi connectivity index (χ4v) is 4.62. The van der Waals surface area contributed by atoms with Crippen molar-refractivity contribution in [2.75, 3.05) is 12.3 Å². The van der Waals surface area contributed by atoms with Crippen LogP contribution in [-0.2, 0) is 22.6 Å². The number of aryl methyl sites for hydroxylation is 1. The van der Waals surface area contributed by atoms with Crippen molar-refractivity contribution in [3.8, 4) is 0 Å². The van der Waals surface area contributed by atoms with E-state index in [1.165, 1.54) is 11.8 Å². The topological polar surface area (TPSA) is 49.4 Å². The molecule has 0 heterocycles. The van der Waals surface area contributed by atoms with E-state index in [9.17, 15) is 9.59 Å². The zero-order valence-corrected chi connectivity index (χ0v) is 21.9. The van der Waals surface area contributed by atoms with Gasteiger partial charge in [0.05, 0.1) is 5.75 Å². The van der Waals surface area contributed by atoms with Crippen LogP contribution in [0.15, 0.2) is 83.8 Å². The third kappa shape index (κ3) is 8.75. The molecule has 0 aliphatic rings. The molecule has 0 saturated carbocycles. The third-order valence-corrected chi connectivity index (χ3v) is 7.00. The molecule has 3 aromatic rings. The highest BCUT2D eigenvalue weighted by atomic mass is 35.5. The molecule has 0 radical (unpaired) electrons. The zero-order valence-electron chi connectivity index (χ0n) is 20.4. The van der Waals surface area contributed by atoms with E-state index in [2.05, 4.69) is 12.2 Å². The minimum Gasteiger partial charge on any atom is -0.354 e. The first-order valence-electron chi connectivity index (χ1n) is 12.0. The van der Waals surface area contributed by atoms with E-state index in [-0.39, 0.29) is 17.6 Å². The summed E-state index contributed by atoms with van der Waals surface area (Å²) in [4.78, 5) is 29.7. The maximum Gasteiger partial charge on any atom is 0.243 e. The molecule has 1 N–H and O–H groups in total. The van der Waals surface area contributed by atoms with Gasteiger partial charge < -0.3 is 10.2 Å². The summed E-state index contributed by atoms with van der Waals surface area (Å²) in [5, 5.41) is 3.72. The van der Waals surface area contributed by atoms with Crippen molar-refractivity contribution in [2.24, 2.45) is 0 Å². The lowest BCUT2D eigenvalue weighted by molar-refractivity contribution is -0.139. The fourth-order valence-electron chi connectivity index (χ4n) is 3.71. The molecular weight excluding hydrogens is 476 g/mol. The molecular formula is C29H33ClN2O2S. The molecule has 2 amide bonds. The van der Waals surface area contributed by atoms with E-state index < -0.39 is 6.04 Å². The van der Waals surface area contributed by atoms with Gasteiger partial charge in [0.1, 0.15) is 6.04 Å². The van der Waals surface area contributed by atoms with Gasteiger partial charge in [-0.05, 0) is 48.7 Å². The first-order valence-corrected chi connectivity index (χ1v) is 13.4. The van der Waals surface area contributed by atoms with Crippen LogP contribution in [-0.4, -0.2) is 35.1 Å². The van der Waals surface area contributed by atoms with E-state index >= 15 is 0 Å². The SMILES string of the molecule is CCCCNC(=O)[C@@H](Cc1ccccc1)N(Cc1ccc(C)cc1)C(=O)CSc1ccc(Cl)cc1. The van der Waals surface area contributed by atoms with Crippen molar-refractivity contribution in [2.45, 2.75) is 50.6 Å². The molecule has 0 unspecified atom stereocenters. The third-order valence-electron chi connectivity index (χ3n) is 5.75. The summed E-state index contributed by atoms with van der Waals surface area (Å²) < 4.78 is 0. The molecule has 0 aliphatic carbocycles. The number of hydrogen-bond acceptors (Lipinski definition) is 3. The van der Waals surface area contributed by atoms with Crippen molar-refractivity contribution >= 4 is 35.2 Å². The number of hydrogen-bond donors (Lipinski definition) is 1. The van der Waals surface area contributed by atoms with E-state index in [0.717, 1.165) is 34.4 Å². The standard InChI is InChI=1S/C29H33ClN2O2S/c1-3-4-18-31-29(34)27(19-23-8-6-5-7-9-23)32(20-24-12-10-22(2)11-13-24)28(33)21-35-26-16-14-25(30)15-17-26/h5-17,27H,3-4,18-21H2,1-2H3,(H,31,34)/t27-/m1/s1. The van der Waals surface area contributed by atoms with Gasteiger partial charge in [0, 0.05) is 29.4 Å². The van der Waals surface area contributed by atoms with Gasteiger partial charge in [-0.2, -0.15) is 0 Å². The Bertz CT molecular complexity index is 1070. The maximum absolute atomic E-state index is 13.6. The van der Waals surface area contributed by atoms with Gasteiger partial charge in [-0.15, -0.1) is 11.8 Å². The molecule has 3 aromatic carbocycles. The highest BCUT2D eigenvalue weighted by Gasteiger charge is 2.30. The molecule has 0 aliphatic heterocycles. The zero-order chi connectivity index (χ0) is 25.0. The number of rotatable bonds is 12. The average molecular weight is 509 g/mol.